The first-order chi connectivity index (χ1) is 9.02. The Labute approximate surface area is 120 Å². The van der Waals surface area contributed by atoms with Crippen LogP contribution < -0.4 is 10.5 Å². The van der Waals surface area contributed by atoms with Gasteiger partial charge in [-0.3, -0.25) is 0 Å². The van der Waals surface area contributed by atoms with E-state index in [4.69, 9.17) is 38.9 Å². The van der Waals surface area contributed by atoms with Crippen molar-refractivity contribution in [1.82, 2.24) is 4.98 Å². The molecule has 0 radical (unpaired) electrons. The maximum absolute atomic E-state index is 9.10. The summed E-state index contributed by atoms with van der Waals surface area (Å²) in [6.07, 6.45) is 1.55. The second-order valence-corrected chi connectivity index (χ2v) is 4.64. The lowest BCUT2D eigenvalue weighted by Gasteiger charge is -2.10. The first-order valence-corrected chi connectivity index (χ1v) is 6.06. The number of halogens is 2. The van der Waals surface area contributed by atoms with Gasteiger partial charge in [-0.25, -0.2) is 4.98 Å². The number of nitrogens with zero attached hydrogens (tertiary/aromatic N) is 2. The van der Waals surface area contributed by atoms with Crippen LogP contribution in [-0.2, 0) is 0 Å². The van der Waals surface area contributed by atoms with Crippen LogP contribution >= 0.6 is 23.2 Å². The van der Waals surface area contributed by atoms with Crippen LogP contribution in [0.3, 0.4) is 0 Å². The molecular weight excluding hydrogens is 285 g/mol. The maximum atomic E-state index is 9.10. The van der Waals surface area contributed by atoms with E-state index in [1.165, 1.54) is 12.1 Å². The molecule has 0 saturated carbocycles. The molecule has 4 nitrogen and oxygen atoms in total. The quantitative estimate of drug-likeness (QED) is 0.851. The minimum absolute atomic E-state index is 0.188. The maximum Gasteiger partial charge on any atom is 0.237 e. The predicted molar refractivity (Wildman–Crippen MR) is 74.6 cm³/mol. The topological polar surface area (TPSA) is 71.9 Å². The normalized spacial score (nSPS) is 10.0. The summed E-state index contributed by atoms with van der Waals surface area (Å²) in [5.41, 5.74) is 7.23. The first-order valence-electron chi connectivity index (χ1n) is 5.31. The van der Waals surface area contributed by atoms with Gasteiger partial charge in [0, 0.05) is 12.3 Å². The lowest BCUT2D eigenvalue weighted by Crippen LogP contribution is -1.97. The van der Waals surface area contributed by atoms with Gasteiger partial charge in [0.15, 0.2) is 5.75 Å². The number of anilines is 1. The van der Waals surface area contributed by atoms with Crippen LogP contribution in [0.15, 0.2) is 24.4 Å². The number of benzene rings is 1. The molecular formula is C13H9Cl2N3O. The van der Waals surface area contributed by atoms with Crippen molar-refractivity contribution in [3.05, 3.63) is 45.6 Å². The molecule has 0 aliphatic carbocycles. The molecule has 0 unspecified atom stereocenters. The van der Waals surface area contributed by atoms with E-state index in [0.29, 0.717) is 27.0 Å². The van der Waals surface area contributed by atoms with Crippen LogP contribution in [0.4, 0.5) is 5.69 Å². The van der Waals surface area contributed by atoms with E-state index >= 15 is 0 Å². The molecule has 1 aromatic heterocycles. The number of rotatable bonds is 2. The fourth-order valence-electron chi connectivity index (χ4n) is 1.48. The van der Waals surface area contributed by atoms with E-state index in [2.05, 4.69) is 4.98 Å². The van der Waals surface area contributed by atoms with Crippen LogP contribution in [0, 0.1) is 18.3 Å². The highest BCUT2D eigenvalue weighted by Crippen LogP contribution is 2.35. The summed E-state index contributed by atoms with van der Waals surface area (Å²) in [6, 6.07) is 6.75. The molecule has 0 aliphatic rings. The number of nitrogen functional groups attached to an aromatic ring is 1. The number of nitrogens with two attached hydrogens (primary N) is 1. The number of hydrogen-bond donors (Lipinski definition) is 1. The molecule has 0 aliphatic heterocycles. The Kier molecular flexibility index (Phi) is 3.79. The summed E-state index contributed by atoms with van der Waals surface area (Å²) in [5, 5.41) is 9.75. The van der Waals surface area contributed by atoms with Gasteiger partial charge >= 0.3 is 0 Å². The molecule has 96 valence electrons. The van der Waals surface area contributed by atoms with E-state index < -0.39 is 0 Å². The monoisotopic (exact) mass is 293 g/mol. The van der Waals surface area contributed by atoms with Gasteiger partial charge in [-0.1, -0.05) is 23.2 Å². The summed E-state index contributed by atoms with van der Waals surface area (Å²) in [5.74, 6) is 0.497. The number of pyridine rings is 1. The predicted octanol–water partition coefficient (Wildman–Crippen LogP) is 3.94. The molecule has 19 heavy (non-hydrogen) atoms. The fraction of sp³-hybridized carbons (Fsp3) is 0.0769. The molecule has 2 rings (SSSR count). The minimum Gasteiger partial charge on any atom is -0.435 e. The standard InChI is InChI=1S/C13H9Cl2N3O/c1-7-2-3-18-13(8(7)6-16)19-12-5-10(15)9(14)4-11(12)17/h2-5H,17H2,1H3. The number of nitriles is 1. The zero-order chi connectivity index (χ0) is 14.0. The number of ether oxygens (including phenoxy) is 1. The third kappa shape index (κ3) is 2.73. The SMILES string of the molecule is Cc1ccnc(Oc2cc(Cl)c(Cl)cc2N)c1C#N. The Morgan fingerprint density at radius 3 is 2.68 bits per heavy atom. The second kappa shape index (κ2) is 5.35. The minimum atomic E-state index is 0.188. The van der Waals surface area contributed by atoms with E-state index in [1.807, 2.05) is 6.07 Å². The molecule has 1 aromatic carbocycles. The molecule has 6 heteroatoms. The van der Waals surface area contributed by atoms with Crippen molar-refractivity contribution in [2.75, 3.05) is 5.73 Å². The van der Waals surface area contributed by atoms with Crippen molar-refractivity contribution in [3.63, 3.8) is 0 Å². The van der Waals surface area contributed by atoms with Gasteiger partial charge in [0.25, 0.3) is 0 Å². The number of hydrogen-bond acceptors (Lipinski definition) is 4. The molecule has 1 heterocycles. The Morgan fingerprint density at radius 2 is 2.00 bits per heavy atom. The zero-order valence-electron chi connectivity index (χ0n) is 9.95. The average molecular weight is 294 g/mol. The van der Waals surface area contributed by atoms with Crippen LogP contribution in [0.2, 0.25) is 10.0 Å². The molecule has 2 aromatic rings. The Hall–Kier alpha value is -1.96. The van der Waals surface area contributed by atoms with Gasteiger partial charge in [0.05, 0.1) is 15.7 Å². The number of aryl methyl sites for hydroxylation is 1. The molecule has 0 bridgehead atoms. The lowest BCUT2D eigenvalue weighted by molar-refractivity contribution is 0.463. The van der Waals surface area contributed by atoms with Crippen molar-refractivity contribution in [2.45, 2.75) is 6.92 Å². The highest BCUT2D eigenvalue weighted by atomic mass is 35.5. The largest absolute Gasteiger partial charge is 0.435 e. The Bertz CT molecular complexity index is 680. The fourth-order valence-corrected chi connectivity index (χ4v) is 1.81. The summed E-state index contributed by atoms with van der Waals surface area (Å²) in [6.45, 7) is 1.80. The van der Waals surface area contributed by atoms with Gasteiger partial charge in [0.1, 0.15) is 11.6 Å². The van der Waals surface area contributed by atoms with Gasteiger partial charge in [-0.15, -0.1) is 0 Å². The average Bonchev–Trinajstić information content (AvgIpc) is 2.36. The van der Waals surface area contributed by atoms with Crippen molar-refractivity contribution in [3.8, 4) is 17.7 Å². The second-order valence-electron chi connectivity index (χ2n) is 3.83. The first kappa shape index (κ1) is 13.5. The van der Waals surface area contributed by atoms with Crippen LogP contribution in [0.1, 0.15) is 11.1 Å². The van der Waals surface area contributed by atoms with E-state index in [0.717, 1.165) is 5.56 Å². The summed E-state index contributed by atoms with van der Waals surface area (Å²) in [4.78, 5) is 4.02. The van der Waals surface area contributed by atoms with E-state index in [-0.39, 0.29) is 5.88 Å². The third-order valence-corrected chi connectivity index (χ3v) is 3.22. The Morgan fingerprint density at radius 1 is 1.32 bits per heavy atom. The van der Waals surface area contributed by atoms with Crippen molar-refractivity contribution < 1.29 is 4.74 Å². The van der Waals surface area contributed by atoms with Gasteiger partial charge in [0.2, 0.25) is 5.88 Å². The van der Waals surface area contributed by atoms with Crippen molar-refractivity contribution >= 4 is 28.9 Å². The highest BCUT2D eigenvalue weighted by molar-refractivity contribution is 6.42. The van der Waals surface area contributed by atoms with Crippen molar-refractivity contribution in [1.29, 1.82) is 5.26 Å². The van der Waals surface area contributed by atoms with Gasteiger partial charge < -0.3 is 10.5 Å². The van der Waals surface area contributed by atoms with Crippen LogP contribution in [0.25, 0.3) is 0 Å². The molecule has 0 spiro atoms. The summed E-state index contributed by atoms with van der Waals surface area (Å²) >= 11 is 11.7. The summed E-state index contributed by atoms with van der Waals surface area (Å²) < 4.78 is 5.55. The van der Waals surface area contributed by atoms with Crippen molar-refractivity contribution in [2.24, 2.45) is 0 Å². The van der Waals surface area contributed by atoms with Gasteiger partial charge in [-0.05, 0) is 24.6 Å². The molecule has 0 fully saturated rings. The summed E-state index contributed by atoms with van der Waals surface area (Å²) in [7, 11) is 0. The highest BCUT2D eigenvalue weighted by Gasteiger charge is 2.12. The van der Waals surface area contributed by atoms with Crippen LogP contribution in [0.5, 0.6) is 11.6 Å². The van der Waals surface area contributed by atoms with E-state index in [9.17, 15) is 0 Å². The molecule has 0 amide bonds. The molecule has 0 saturated heterocycles. The zero-order valence-corrected chi connectivity index (χ0v) is 11.5. The number of aromatic nitrogens is 1. The molecule has 2 N–H and O–H groups in total. The van der Waals surface area contributed by atoms with Gasteiger partial charge in [-0.2, -0.15) is 5.26 Å². The van der Waals surface area contributed by atoms with Crippen LogP contribution in [-0.4, -0.2) is 4.98 Å². The smallest absolute Gasteiger partial charge is 0.237 e. The Balaban J connectivity index is 2.45. The molecule has 0 atom stereocenters. The lowest BCUT2D eigenvalue weighted by atomic mass is 10.2. The van der Waals surface area contributed by atoms with E-state index in [1.54, 1.807) is 19.2 Å². The third-order valence-electron chi connectivity index (χ3n) is 2.50.